The van der Waals surface area contributed by atoms with E-state index in [2.05, 4.69) is 36.6 Å². The number of hydrogen-bond donors (Lipinski definition) is 2. The molecule has 0 radical (unpaired) electrons. The molecule has 1 saturated carbocycles. The van der Waals surface area contributed by atoms with E-state index >= 15 is 0 Å². The van der Waals surface area contributed by atoms with Gasteiger partial charge in [0.25, 0.3) is 0 Å². The second-order valence-electron chi connectivity index (χ2n) is 5.44. The molecule has 0 heterocycles. The van der Waals surface area contributed by atoms with Crippen LogP contribution in [0.25, 0.3) is 0 Å². The van der Waals surface area contributed by atoms with Crippen molar-refractivity contribution in [2.75, 3.05) is 0 Å². The van der Waals surface area contributed by atoms with Crippen LogP contribution in [0.2, 0.25) is 0 Å². The maximum absolute atomic E-state index is 5.69. The monoisotopic (exact) mass is 232 g/mol. The van der Waals surface area contributed by atoms with Crippen LogP contribution in [0.1, 0.15) is 43.2 Å². The second kappa shape index (κ2) is 6.18. The Morgan fingerprint density at radius 3 is 2.76 bits per heavy atom. The van der Waals surface area contributed by atoms with E-state index in [9.17, 15) is 0 Å². The van der Waals surface area contributed by atoms with Gasteiger partial charge in [-0.3, -0.25) is 11.3 Å². The van der Waals surface area contributed by atoms with Crippen molar-refractivity contribution in [3.05, 3.63) is 35.4 Å². The number of rotatable bonds is 5. The minimum atomic E-state index is 0.430. The molecular formula is C15H24N2. The molecule has 1 aromatic rings. The highest BCUT2D eigenvalue weighted by atomic mass is 15.2. The van der Waals surface area contributed by atoms with Gasteiger partial charge in [-0.15, -0.1) is 0 Å². The van der Waals surface area contributed by atoms with Gasteiger partial charge in [-0.05, 0) is 31.2 Å². The van der Waals surface area contributed by atoms with E-state index in [4.69, 9.17) is 5.84 Å². The number of hydrazine groups is 1. The molecule has 0 aliphatic heterocycles. The second-order valence-corrected chi connectivity index (χ2v) is 5.44. The van der Waals surface area contributed by atoms with Crippen molar-refractivity contribution >= 4 is 0 Å². The lowest BCUT2D eigenvalue weighted by Gasteiger charge is -2.20. The Kier molecular flexibility index (Phi) is 4.57. The smallest absolute Gasteiger partial charge is 0.0253 e. The molecule has 0 spiro atoms. The molecule has 0 saturated heterocycles. The SMILES string of the molecule is Cc1cccc(CC(CC2CCCC2)NN)c1. The fraction of sp³-hybridized carbons (Fsp3) is 0.600. The minimum Gasteiger partial charge on any atom is -0.271 e. The number of nitrogens with two attached hydrogens (primary N) is 1. The number of nitrogens with one attached hydrogen (secondary N) is 1. The predicted octanol–water partition coefficient (Wildman–Crippen LogP) is 2.95. The third-order valence-corrected chi connectivity index (χ3v) is 3.89. The minimum absolute atomic E-state index is 0.430. The van der Waals surface area contributed by atoms with Gasteiger partial charge in [0.15, 0.2) is 0 Å². The van der Waals surface area contributed by atoms with Gasteiger partial charge in [-0.2, -0.15) is 0 Å². The molecule has 1 unspecified atom stereocenters. The van der Waals surface area contributed by atoms with Gasteiger partial charge >= 0.3 is 0 Å². The zero-order valence-electron chi connectivity index (χ0n) is 10.8. The largest absolute Gasteiger partial charge is 0.271 e. The fourth-order valence-corrected chi connectivity index (χ4v) is 2.98. The lowest BCUT2D eigenvalue weighted by molar-refractivity contribution is 0.389. The van der Waals surface area contributed by atoms with Gasteiger partial charge < -0.3 is 0 Å². The first kappa shape index (κ1) is 12.6. The Morgan fingerprint density at radius 1 is 1.35 bits per heavy atom. The first-order chi connectivity index (χ1) is 8.28. The summed E-state index contributed by atoms with van der Waals surface area (Å²) in [7, 11) is 0. The van der Waals surface area contributed by atoms with Crippen LogP contribution in [0.15, 0.2) is 24.3 Å². The summed E-state index contributed by atoms with van der Waals surface area (Å²) >= 11 is 0. The van der Waals surface area contributed by atoms with Crippen LogP contribution in [-0.2, 0) is 6.42 Å². The lowest BCUT2D eigenvalue weighted by Crippen LogP contribution is -2.38. The van der Waals surface area contributed by atoms with Crippen molar-refractivity contribution in [2.45, 2.75) is 51.5 Å². The van der Waals surface area contributed by atoms with Gasteiger partial charge in [0, 0.05) is 6.04 Å². The third-order valence-electron chi connectivity index (χ3n) is 3.89. The summed E-state index contributed by atoms with van der Waals surface area (Å²) in [5.41, 5.74) is 5.72. The summed E-state index contributed by atoms with van der Waals surface area (Å²) < 4.78 is 0. The molecule has 3 N–H and O–H groups in total. The van der Waals surface area contributed by atoms with Gasteiger partial charge in [0.1, 0.15) is 0 Å². The van der Waals surface area contributed by atoms with Crippen LogP contribution in [0.5, 0.6) is 0 Å². The molecule has 0 aromatic heterocycles. The number of hydrogen-bond acceptors (Lipinski definition) is 2. The van der Waals surface area contributed by atoms with Crippen molar-refractivity contribution in [1.82, 2.24) is 5.43 Å². The van der Waals surface area contributed by atoms with E-state index in [-0.39, 0.29) is 0 Å². The topological polar surface area (TPSA) is 38.0 Å². The van der Waals surface area contributed by atoms with Crippen molar-refractivity contribution in [2.24, 2.45) is 11.8 Å². The molecule has 1 aromatic carbocycles. The Labute approximate surface area is 105 Å². The van der Waals surface area contributed by atoms with E-state index in [1.54, 1.807) is 0 Å². The van der Waals surface area contributed by atoms with E-state index < -0.39 is 0 Å². The fourth-order valence-electron chi connectivity index (χ4n) is 2.98. The van der Waals surface area contributed by atoms with Crippen molar-refractivity contribution in [3.8, 4) is 0 Å². The molecular weight excluding hydrogens is 208 g/mol. The average Bonchev–Trinajstić information content (AvgIpc) is 2.81. The van der Waals surface area contributed by atoms with Crippen LogP contribution in [0, 0.1) is 12.8 Å². The van der Waals surface area contributed by atoms with E-state index in [1.807, 2.05) is 0 Å². The van der Waals surface area contributed by atoms with E-state index in [0.717, 1.165) is 12.3 Å². The Bertz CT molecular complexity index is 343. The molecule has 1 aliphatic carbocycles. The molecule has 0 amide bonds. The van der Waals surface area contributed by atoms with E-state index in [1.165, 1.54) is 43.2 Å². The normalized spacial score (nSPS) is 18.5. The lowest BCUT2D eigenvalue weighted by atomic mass is 9.94. The van der Waals surface area contributed by atoms with Crippen molar-refractivity contribution in [1.29, 1.82) is 0 Å². The first-order valence-corrected chi connectivity index (χ1v) is 6.79. The maximum Gasteiger partial charge on any atom is 0.0253 e. The Hall–Kier alpha value is -0.860. The third kappa shape index (κ3) is 3.83. The van der Waals surface area contributed by atoms with E-state index in [0.29, 0.717) is 6.04 Å². The quantitative estimate of drug-likeness (QED) is 0.605. The highest BCUT2D eigenvalue weighted by Gasteiger charge is 2.19. The summed E-state index contributed by atoms with van der Waals surface area (Å²) in [5.74, 6) is 6.58. The molecule has 94 valence electrons. The Morgan fingerprint density at radius 2 is 2.12 bits per heavy atom. The molecule has 1 atom stereocenters. The van der Waals surface area contributed by atoms with Gasteiger partial charge in [-0.1, -0.05) is 55.5 Å². The zero-order valence-corrected chi connectivity index (χ0v) is 10.8. The van der Waals surface area contributed by atoms with Crippen LogP contribution in [0.4, 0.5) is 0 Å². The van der Waals surface area contributed by atoms with Crippen LogP contribution < -0.4 is 11.3 Å². The summed E-state index contributed by atoms with van der Waals surface area (Å²) in [6.07, 6.45) is 7.88. The summed E-state index contributed by atoms with van der Waals surface area (Å²) in [5, 5.41) is 0. The molecule has 0 bridgehead atoms. The van der Waals surface area contributed by atoms with Crippen LogP contribution in [-0.4, -0.2) is 6.04 Å². The molecule has 17 heavy (non-hydrogen) atoms. The maximum atomic E-state index is 5.69. The van der Waals surface area contributed by atoms with Gasteiger partial charge in [-0.25, -0.2) is 0 Å². The predicted molar refractivity (Wildman–Crippen MR) is 72.6 cm³/mol. The standard InChI is InChI=1S/C15H24N2/c1-12-5-4-8-14(9-12)11-15(17-16)10-13-6-2-3-7-13/h4-5,8-9,13,15,17H,2-3,6-7,10-11,16H2,1H3. The zero-order chi connectivity index (χ0) is 12.1. The highest BCUT2D eigenvalue weighted by molar-refractivity contribution is 5.22. The van der Waals surface area contributed by atoms with Crippen LogP contribution >= 0.6 is 0 Å². The summed E-state index contributed by atoms with van der Waals surface area (Å²) in [6, 6.07) is 9.17. The molecule has 1 aliphatic rings. The van der Waals surface area contributed by atoms with Crippen molar-refractivity contribution < 1.29 is 0 Å². The van der Waals surface area contributed by atoms with Gasteiger partial charge in [0.05, 0.1) is 0 Å². The summed E-state index contributed by atoms with van der Waals surface area (Å²) in [6.45, 7) is 2.14. The number of aryl methyl sites for hydroxylation is 1. The van der Waals surface area contributed by atoms with Gasteiger partial charge in [0.2, 0.25) is 0 Å². The first-order valence-electron chi connectivity index (χ1n) is 6.79. The van der Waals surface area contributed by atoms with Crippen LogP contribution in [0.3, 0.4) is 0 Å². The molecule has 2 rings (SSSR count). The summed E-state index contributed by atoms with van der Waals surface area (Å²) in [4.78, 5) is 0. The highest BCUT2D eigenvalue weighted by Crippen LogP contribution is 2.29. The van der Waals surface area contributed by atoms with Crippen molar-refractivity contribution in [3.63, 3.8) is 0 Å². The molecule has 2 nitrogen and oxygen atoms in total. The molecule has 1 fully saturated rings. The molecule has 2 heteroatoms. The number of benzene rings is 1. The Balaban J connectivity index is 1.90. The average molecular weight is 232 g/mol.